The average molecular weight is 492 g/mol. The third-order valence-corrected chi connectivity index (χ3v) is 5.52. The van der Waals surface area contributed by atoms with E-state index in [0.717, 1.165) is 10.8 Å². The number of H-pyrrole nitrogens is 1. The molecule has 1 N–H and O–H groups in total. The summed E-state index contributed by atoms with van der Waals surface area (Å²) in [5.74, 6) is -2.33. The second-order valence-corrected chi connectivity index (χ2v) is 11.1. The molecule has 0 atom stereocenters. The zero-order valence-corrected chi connectivity index (χ0v) is 20.4. The SMILES string of the molecule is CC(C)(C)C(=O)OCOP(=O)(C/C=C/Cn1cc(F)c(=O)[nH]c1=O)OCOC(=O)C(C)(C)C. The molecular weight excluding hydrogens is 462 g/mol. The molecule has 0 aliphatic carbocycles. The van der Waals surface area contributed by atoms with Crippen LogP contribution in [0.1, 0.15) is 41.5 Å². The number of aromatic amines is 1. The summed E-state index contributed by atoms with van der Waals surface area (Å²) < 4.78 is 47.4. The molecule has 1 heterocycles. The lowest BCUT2D eigenvalue weighted by atomic mass is 9.98. The van der Waals surface area contributed by atoms with Crippen LogP contribution in [0, 0.1) is 16.6 Å². The minimum atomic E-state index is -3.95. The molecule has 0 saturated heterocycles. The van der Waals surface area contributed by atoms with Gasteiger partial charge in [-0.25, -0.2) is 4.79 Å². The van der Waals surface area contributed by atoms with Crippen LogP contribution in [0.3, 0.4) is 0 Å². The van der Waals surface area contributed by atoms with E-state index >= 15 is 0 Å². The number of hydrogen-bond acceptors (Lipinski definition) is 9. The molecular formula is C20H30FN2O9P. The number of allylic oxidation sites excluding steroid dienone is 2. The monoisotopic (exact) mass is 492 g/mol. The van der Waals surface area contributed by atoms with Gasteiger partial charge >= 0.3 is 25.2 Å². The second-order valence-electron chi connectivity index (χ2n) is 9.01. The summed E-state index contributed by atoms with van der Waals surface area (Å²) in [7, 11) is -3.95. The molecule has 0 aliphatic heterocycles. The van der Waals surface area contributed by atoms with Gasteiger partial charge in [-0.15, -0.1) is 0 Å². The van der Waals surface area contributed by atoms with E-state index in [4.69, 9.17) is 18.5 Å². The maximum absolute atomic E-state index is 13.3. The summed E-state index contributed by atoms with van der Waals surface area (Å²) >= 11 is 0. The Balaban J connectivity index is 2.82. The summed E-state index contributed by atoms with van der Waals surface area (Å²) in [5, 5.41) is 0. The largest absolute Gasteiger partial charge is 0.438 e. The number of esters is 2. The standard InChI is InChI=1S/C20H30FN2O9P/c1-19(2,3)16(25)29-12-31-33(28,32-13-30-17(26)20(4,5)6)10-8-7-9-23-11-14(21)15(24)22-18(23)27/h7-8,11H,9-10,12-13H2,1-6H3,(H,22,24,27)/b8-7+. The molecule has 0 amide bonds. The number of halogens is 1. The highest BCUT2D eigenvalue weighted by molar-refractivity contribution is 7.54. The fourth-order valence-electron chi connectivity index (χ4n) is 1.91. The Hall–Kier alpha value is -2.56. The molecule has 13 heteroatoms. The van der Waals surface area contributed by atoms with E-state index in [2.05, 4.69) is 0 Å². The number of aromatic nitrogens is 2. The van der Waals surface area contributed by atoms with Crippen molar-refractivity contribution in [2.45, 2.75) is 48.1 Å². The Bertz CT molecular complexity index is 996. The lowest BCUT2D eigenvalue weighted by Gasteiger charge is -2.21. The van der Waals surface area contributed by atoms with Gasteiger partial charge in [0.1, 0.15) is 0 Å². The first-order valence-corrected chi connectivity index (χ1v) is 11.6. The molecule has 0 saturated carbocycles. The molecule has 0 radical (unpaired) electrons. The van der Waals surface area contributed by atoms with Crippen LogP contribution in [-0.2, 0) is 39.2 Å². The average Bonchev–Trinajstić information content (AvgIpc) is 2.67. The predicted molar refractivity (Wildman–Crippen MR) is 116 cm³/mol. The van der Waals surface area contributed by atoms with Crippen LogP contribution in [0.15, 0.2) is 27.9 Å². The molecule has 0 aliphatic rings. The van der Waals surface area contributed by atoms with Crippen LogP contribution >= 0.6 is 7.60 Å². The molecule has 186 valence electrons. The Morgan fingerprint density at radius 1 is 1.00 bits per heavy atom. The van der Waals surface area contributed by atoms with Crippen LogP contribution in [0.2, 0.25) is 0 Å². The normalized spacial score (nSPS) is 12.7. The molecule has 1 aromatic heterocycles. The summed E-state index contributed by atoms with van der Waals surface area (Å²) in [5.41, 5.74) is -3.59. The third-order valence-electron chi connectivity index (χ3n) is 3.87. The molecule has 0 fully saturated rings. The molecule has 0 bridgehead atoms. The highest BCUT2D eigenvalue weighted by atomic mass is 31.2. The molecule has 11 nitrogen and oxygen atoms in total. The van der Waals surface area contributed by atoms with E-state index in [1.165, 1.54) is 12.2 Å². The van der Waals surface area contributed by atoms with E-state index in [1.807, 2.05) is 4.98 Å². The predicted octanol–water partition coefficient (Wildman–Crippen LogP) is 2.55. The highest BCUT2D eigenvalue weighted by Crippen LogP contribution is 2.48. The smallest absolute Gasteiger partial charge is 0.340 e. The van der Waals surface area contributed by atoms with Gasteiger partial charge in [-0.3, -0.25) is 37.5 Å². The number of nitrogens with zero attached hydrogens (tertiary/aromatic N) is 1. The zero-order chi connectivity index (χ0) is 25.4. The van der Waals surface area contributed by atoms with Crippen LogP contribution in [0.5, 0.6) is 0 Å². The first kappa shape index (κ1) is 28.5. The molecule has 0 spiro atoms. The van der Waals surface area contributed by atoms with Gasteiger partial charge in [-0.1, -0.05) is 12.2 Å². The second kappa shape index (κ2) is 11.5. The molecule has 0 unspecified atom stereocenters. The van der Waals surface area contributed by atoms with E-state index in [0.29, 0.717) is 0 Å². The molecule has 1 aromatic rings. The van der Waals surface area contributed by atoms with Crippen molar-refractivity contribution < 1.29 is 37.1 Å². The maximum atomic E-state index is 13.3. The van der Waals surface area contributed by atoms with Crippen molar-refractivity contribution in [1.29, 1.82) is 0 Å². The quantitative estimate of drug-likeness (QED) is 0.226. The Morgan fingerprint density at radius 3 is 1.94 bits per heavy atom. The van der Waals surface area contributed by atoms with Crippen molar-refractivity contribution >= 4 is 19.5 Å². The first-order chi connectivity index (χ1) is 15.0. The van der Waals surface area contributed by atoms with Crippen molar-refractivity contribution in [2.24, 2.45) is 10.8 Å². The van der Waals surface area contributed by atoms with E-state index in [-0.39, 0.29) is 12.7 Å². The highest BCUT2D eigenvalue weighted by Gasteiger charge is 2.29. The number of nitrogens with one attached hydrogen (secondary N) is 1. The van der Waals surface area contributed by atoms with Gasteiger partial charge in [0.25, 0.3) is 5.56 Å². The van der Waals surface area contributed by atoms with E-state index in [1.54, 1.807) is 41.5 Å². The van der Waals surface area contributed by atoms with Crippen LogP contribution in [0.25, 0.3) is 0 Å². The minimum Gasteiger partial charge on any atom is -0.438 e. The Labute approximate surface area is 190 Å². The number of rotatable bonds is 10. The lowest BCUT2D eigenvalue weighted by molar-refractivity contribution is -0.161. The summed E-state index contributed by atoms with van der Waals surface area (Å²) in [6.45, 7) is 8.28. The molecule has 0 aromatic carbocycles. The van der Waals surface area contributed by atoms with Crippen molar-refractivity contribution in [2.75, 3.05) is 19.7 Å². The number of carbonyl (C=O) groups excluding carboxylic acids is 2. The van der Waals surface area contributed by atoms with Crippen molar-refractivity contribution in [3.63, 3.8) is 0 Å². The Kier molecular flexibility index (Phi) is 9.95. The minimum absolute atomic E-state index is 0.148. The number of ether oxygens (including phenoxy) is 2. The molecule has 33 heavy (non-hydrogen) atoms. The van der Waals surface area contributed by atoms with E-state index < -0.39 is 61.0 Å². The van der Waals surface area contributed by atoms with Gasteiger partial charge in [-0.05, 0) is 41.5 Å². The Morgan fingerprint density at radius 2 is 1.48 bits per heavy atom. The third kappa shape index (κ3) is 9.85. The summed E-state index contributed by atoms with van der Waals surface area (Å²) in [6.07, 6.45) is 3.08. The van der Waals surface area contributed by atoms with Gasteiger partial charge in [0, 0.05) is 6.54 Å². The van der Waals surface area contributed by atoms with Gasteiger partial charge in [0.15, 0.2) is 0 Å². The lowest BCUT2D eigenvalue weighted by Crippen LogP contribution is -2.31. The van der Waals surface area contributed by atoms with Crippen molar-refractivity contribution in [3.05, 3.63) is 45.0 Å². The van der Waals surface area contributed by atoms with Gasteiger partial charge in [-0.2, -0.15) is 4.39 Å². The zero-order valence-electron chi connectivity index (χ0n) is 19.5. The number of carbonyl (C=O) groups is 2. The number of hydrogen-bond donors (Lipinski definition) is 1. The van der Waals surface area contributed by atoms with Crippen LogP contribution in [-0.4, -0.2) is 41.2 Å². The van der Waals surface area contributed by atoms with Crippen LogP contribution < -0.4 is 11.2 Å². The fraction of sp³-hybridized carbons (Fsp3) is 0.600. The summed E-state index contributed by atoms with van der Waals surface area (Å²) in [6, 6.07) is 0. The summed E-state index contributed by atoms with van der Waals surface area (Å²) in [4.78, 5) is 48.3. The van der Waals surface area contributed by atoms with Crippen molar-refractivity contribution in [1.82, 2.24) is 9.55 Å². The fourth-order valence-corrected chi connectivity index (χ4v) is 3.03. The maximum Gasteiger partial charge on any atom is 0.340 e. The van der Waals surface area contributed by atoms with Gasteiger partial charge < -0.3 is 9.47 Å². The first-order valence-electron chi connectivity index (χ1n) is 9.92. The van der Waals surface area contributed by atoms with Gasteiger partial charge in [0.2, 0.25) is 19.4 Å². The van der Waals surface area contributed by atoms with Gasteiger partial charge in [0.05, 0.1) is 23.2 Å². The van der Waals surface area contributed by atoms with Crippen LogP contribution in [0.4, 0.5) is 4.39 Å². The molecule has 1 rings (SSSR count). The van der Waals surface area contributed by atoms with E-state index in [9.17, 15) is 28.1 Å². The topological polar surface area (TPSA) is 143 Å². The van der Waals surface area contributed by atoms with Crippen molar-refractivity contribution in [3.8, 4) is 0 Å².